The van der Waals surface area contributed by atoms with E-state index in [1.54, 1.807) is 6.92 Å². The minimum Gasteiger partial charge on any atom is -0.462 e. The van der Waals surface area contributed by atoms with Crippen LogP contribution in [0.2, 0.25) is 0 Å². The van der Waals surface area contributed by atoms with Gasteiger partial charge in [0.15, 0.2) is 0 Å². The fourth-order valence-electron chi connectivity index (χ4n) is 1.97. The summed E-state index contributed by atoms with van der Waals surface area (Å²) in [6.45, 7) is 7.68. The molecule has 20 heavy (non-hydrogen) atoms. The van der Waals surface area contributed by atoms with Gasteiger partial charge in [-0.1, -0.05) is 41.0 Å². The third kappa shape index (κ3) is 8.93. The maximum Gasteiger partial charge on any atom is 0.333 e. The van der Waals surface area contributed by atoms with Gasteiger partial charge in [-0.25, -0.2) is 4.79 Å². The number of hydrogen-bond donors (Lipinski definition) is 1. The Hall–Kier alpha value is -0.130. The minimum absolute atomic E-state index is 0.284. The number of carbonyl (C=O) groups is 1. The van der Waals surface area contributed by atoms with Gasteiger partial charge < -0.3 is 10.1 Å². The molecule has 1 atom stereocenters. The quantitative estimate of drug-likeness (QED) is 0.271. The van der Waals surface area contributed by atoms with Gasteiger partial charge in [-0.3, -0.25) is 0 Å². The van der Waals surface area contributed by atoms with Gasteiger partial charge in [0, 0.05) is 16.6 Å². The van der Waals surface area contributed by atoms with E-state index in [9.17, 15) is 4.79 Å². The maximum atomic E-state index is 11.1. The first-order valence-corrected chi connectivity index (χ1v) is 9.90. The second-order valence-electron chi connectivity index (χ2n) is 5.20. The Kier molecular flexibility index (Phi) is 10.3. The lowest BCUT2D eigenvalue weighted by atomic mass is 10.1. The number of hydrogen-bond acceptors (Lipinski definition) is 5. The van der Waals surface area contributed by atoms with Gasteiger partial charge >= 0.3 is 5.97 Å². The lowest BCUT2D eigenvalue weighted by Crippen LogP contribution is -2.19. The summed E-state index contributed by atoms with van der Waals surface area (Å²) in [6, 6.07) is 0. The highest BCUT2D eigenvalue weighted by Crippen LogP contribution is 2.39. The van der Waals surface area contributed by atoms with Crippen LogP contribution in [0.1, 0.15) is 45.4 Å². The average molecular weight is 318 g/mol. The van der Waals surface area contributed by atoms with Crippen LogP contribution in [0.3, 0.4) is 0 Å². The van der Waals surface area contributed by atoms with Crippen molar-refractivity contribution >= 4 is 27.6 Å². The average Bonchev–Trinajstić information content (AvgIpc) is 2.93. The summed E-state index contributed by atoms with van der Waals surface area (Å²) in [5, 5.41) is 4.31. The summed E-state index contributed by atoms with van der Waals surface area (Å²) in [4.78, 5) is 11.1. The molecule has 0 spiro atoms. The second kappa shape index (κ2) is 11.5. The zero-order chi connectivity index (χ0) is 14.6. The molecule has 5 heteroatoms. The molecule has 1 unspecified atom stereocenters. The molecule has 0 aliphatic carbocycles. The van der Waals surface area contributed by atoms with Crippen LogP contribution in [0.15, 0.2) is 12.2 Å². The Morgan fingerprint density at radius 1 is 1.30 bits per heavy atom. The van der Waals surface area contributed by atoms with E-state index in [0.717, 1.165) is 24.8 Å². The van der Waals surface area contributed by atoms with E-state index in [1.165, 1.54) is 37.9 Å². The van der Waals surface area contributed by atoms with Crippen LogP contribution in [0, 0.1) is 0 Å². The molecule has 0 saturated carbocycles. The summed E-state index contributed by atoms with van der Waals surface area (Å²) in [7, 11) is 4.11. The van der Waals surface area contributed by atoms with Crippen LogP contribution in [0.4, 0.5) is 0 Å². The molecular formula is C15H27NO2S2. The molecule has 1 rings (SSSR count). The topological polar surface area (TPSA) is 38.3 Å². The molecule has 3 nitrogen and oxygen atoms in total. The standard InChI is InChI=1S/C15H27NO2S2/c1-13(2)15(17)18-11-6-10-16-9-5-3-4-7-14-8-12-19-20-14/h14,16H,1,3-12H2,2H3. The zero-order valence-electron chi connectivity index (χ0n) is 12.5. The molecule has 1 N–H and O–H groups in total. The molecule has 0 amide bonds. The van der Waals surface area contributed by atoms with Crippen molar-refractivity contribution in [2.45, 2.75) is 50.7 Å². The molecule has 0 aromatic carbocycles. The van der Waals surface area contributed by atoms with Gasteiger partial charge in [0.2, 0.25) is 0 Å². The summed E-state index contributed by atoms with van der Waals surface area (Å²) >= 11 is 0. The number of carbonyl (C=O) groups excluding carboxylic acids is 1. The Labute approximate surface area is 131 Å². The molecule has 1 fully saturated rings. The number of unbranched alkanes of at least 4 members (excludes halogenated alkanes) is 2. The van der Waals surface area contributed by atoms with Crippen LogP contribution in [0.25, 0.3) is 0 Å². The van der Waals surface area contributed by atoms with Crippen LogP contribution in [-0.2, 0) is 9.53 Å². The fraction of sp³-hybridized carbons (Fsp3) is 0.800. The highest BCUT2D eigenvalue weighted by atomic mass is 33.1. The van der Waals surface area contributed by atoms with Crippen molar-refractivity contribution in [3.8, 4) is 0 Å². The number of rotatable bonds is 11. The van der Waals surface area contributed by atoms with Gasteiger partial charge in [0.05, 0.1) is 6.61 Å². The van der Waals surface area contributed by atoms with E-state index in [2.05, 4.69) is 22.7 Å². The molecule has 116 valence electrons. The molecule has 0 aromatic rings. The van der Waals surface area contributed by atoms with Gasteiger partial charge in [0.25, 0.3) is 0 Å². The van der Waals surface area contributed by atoms with E-state index in [0.29, 0.717) is 12.2 Å². The highest BCUT2D eigenvalue weighted by Gasteiger charge is 2.15. The van der Waals surface area contributed by atoms with Crippen LogP contribution in [0.5, 0.6) is 0 Å². The molecule has 1 aliphatic heterocycles. The van der Waals surface area contributed by atoms with Gasteiger partial charge in [-0.2, -0.15) is 0 Å². The number of ether oxygens (including phenoxy) is 1. The lowest BCUT2D eigenvalue weighted by molar-refractivity contribution is -0.139. The fourth-order valence-corrected chi connectivity index (χ4v) is 5.00. The normalized spacial score (nSPS) is 18.1. The minimum atomic E-state index is -0.284. The van der Waals surface area contributed by atoms with Crippen molar-refractivity contribution in [1.29, 1.82) is 0 Å². The predicted octanol–water partition coefficient (Wildman–Crippen LogP) is 3.80. The molecule has 1 saturated heterocycles. The van der Waals surface area contributed by atoms with Crippen molar-refractivity contribution in [1.82, 2.24) is 5.32 Å². The molecule has 0 bridgehead atoms. The van der Waals surface area contributed by atoms with E-state index in [-0.39, 0.29) is 5.97 Å². The molecule has 1 heterocycles. The third-order valence-corrected chi connectivity index (χ3v) is 6.19. The lowest BCUT2D eigenvalue weighted by Gasteiger charge is -2.08. The molecular weight excluding hydrogens is 290 g/mol. The monoisotopic (exact) mass is 317 g/mol. The van der Waals surface area contributed by atoms with Gasteiger partial charge in [-0.05, 0) is 45.7 Å². The molecule has 0 aromatic heterocycles. The van der Waals surface area contributed by atoms with Crippen molar-refractivity contribution in [2.75, 3.05) is 25.4 Å². The SMILES string of the molecule is C=C(C)C(=O)OCCCNCCCCCC1CCSS1. The van der Waals surface area contributed by atoms with Gasteiger partial charge in [0.1, 0.15) is 0 Å². The third-order valence-electron chi connectivity index (χ3n) is 3.19. The Morgan fingerprint density at radius 3 is 2.80 bits per heavy atom. The Balaban J connectivity index is 1.76. The van der Waals surface area contributed by atoms with Crippen molar-refractivity contribution < 1.29 is 9.53 Å². The Morgan fingerprint density at radius 2 is 2.10 bits per heavy atom. The maximum absolute atomic E-state index is 11.1. The summed E-state index contributed by atoms with van der Waals surface area (Å²) in [6.07, 6.45) is 7.57. The number of esters is 1. The van der Waals surface area contributed by atoms with Crippen molar-refractivity contribution in [2.24, 2.45) is 0 Å². The number of nitrogens with one attached hydrogen (secondary N) is 1. The zero-order valence-corrected chi connectivity index (χ0v) is 14.1. The van der Waals surface area contributed by atoms with Crippen LogP contribution < -0.4 is 5.32 Å². The van der Waals surface area contributed by atoms with Crippen molar-refractivity contribution in [3.63, 3.8) is 0 Å². The summed E-state index contributed by atoms with van der Waals surface area (Å²) in [5.41, 5.74) is 0.469. The second-order valence-corrected chi connectivity index (χ2v) is 7.99. The van der Waals surface area contributed by atoms with Crippen LogP contribution >= 0.6 is 21.6 Å². The summed E-state index contributed by atoms with van der Waals surface area (Å²) < 4.78 is 5.02. The Bertz CT molecular complexity index is 292. The van der Waals surface area contributed by atoms with Crippen LogP contribution in [-0.4, -0.2) is 36.7 Å². The first kappa shape index (κ1) is 17.9. The van der Waals surface area contributed by atoms with Gasteiger partial charge in [-0.15, -0.1) is 0 Å². The van der Waals surface area contributed by atoms with Crippen molar-refractivity contribution in [3.05, 3.63) is 12.2 Å². The summed E-state index contributed by atoms with van der Waals surface area (Å²) in [5.74, 6) is 1.06. The predicted molar refractivity (Wildman–Crippen MR) is 90.2 cm³/mol. The van der Waals surface area contributed by atoms with E-state index >= 15 is 0 Å². The molecule has 0 radical (unpaired) electrons. The first-order chi connectivity index (χ1) is 9.70. The van der Waals surface area contributed by atoms with E-state index < -0.39 is 0 Å². The van der Waals surface area contributed by atoms with E-state index in [1.807, 2.05) is 10.8 Å². The smallest absolute Gasteiger partial charge is 0.333 e. The molecule has 1 aliphatic rings. The first-order valence-electron chi connectivity index (χ1n) is 7.52. The largest absolute Gasteiger partial charge is 0.462 e. The highest BCUT2D eigenvalue weighted by molar-refractivity contribution is 8.77. The van der Waals surface area contributed by atoms with E-state index in [4.69, 9.17) is 4.74 Å².